The van der Waals surface area contributed by atoms with Crippen LogP contribution in [0.1, 0.15) is 34.8 Å². The lowest BCUT2D eigenvalue weighted by Gasteiger charge is -2.14. The lowest BCUT2D eigenvalue weighted by Crippen LogP contribution is -2.29. The molecule has 2 N–H and O–H groups in total. The number of nitrogens with one attached hydrogen (secondary N) is 2. The zero-order valence-electron chi connectivity index (χ0n) is 22.2. The van der Waals surface area contributed by atoms with Crippen LogP contribution in [0.15, 0.2) is 48.9 Å². The summed E-state index contributed by atoms with van der Waals surface area (Å²) in [7, 11) is 0.640. The Morgan fingerprint density at radius 2 is 1.73 bits per heavy atom. The third kappa shape index (κ3) is 5.96. The number of pyridine rings is 1. The zero-order chi connectivity index (χ0) is 28.4. The number of carbonyl (C=O) groups is 1. The van der Waals surface area contributed by atoms with Gasteiger partial charge < -0.3 is 19.5 Å². The highest BCUT2D eigenvalue weighted by Crippen LogP contribution is 2.39. The molecule has 3 heterocycles. The Morgan fingerprint density at radius 1 is 1.00 bits per heavy atom. The predicted molar refractivity (Wildman–Crippen MR) is 146 cm³/mol. The van der Waals surface area contributed by atoms with Crippen molar-refractivity contribution in [1.29, 1.82) is 0 Å². The van der Waals surface area contributed by atoms with Gasteiger partial charge in [0.1, 0.15) is 17.1 Å². The maximum Gasteiger partial charge on any atom is 0.270 e. The van der Waals surface area contributed by atoms with Gasteiger partial charge in [0.2, 0.25) is 21.9 Å². The molecule has 5 rings (SSSR count). The van der Waals surface area contributed by atoms with Crippen molar-refractivity contribution in [2.24, 2.45) is 0 Å². The van der Waals surface area contributed by atoms with Gasteiger partial charge >= 0.3 is 0 Å². The van der Waals surface area contributed by atoms with Crippen molar-refractivity contribution in [3.8, 4) is 34.3 Å². The van der Waals surface area contributed by atoms with Crippen molar-refractivity contribution in [1.82, 2.24) is 29.5 Å². The molecule has 1 aliphatic rings. The van der Waals surface area contributed by atoms with Crippen LogP contribution in [0.3, 0.4) is 0 Å². The van der Waals surface area contributed by atoms with Crippen LogP contribution in [0.4, 0.5) is 11.6 Å². The second-order valence-corrected chi connectivity index (χ2v) is 10.8. The molecule has 4 aromatic rings. The van der Waals surface area contributed by atoms with E-state index in [1.807, 2.05) is 17.0 Å². The smallest absolute Gasteiger partial charge is 0.270 e. The highest BCUT2D eigenvalue weighted by atomic mass is 32.2. The van der Waals surface area contributed by atoms with Crippen molar-refractivity contribution in [3.63, 3.8) is 0 Å². The molecule has 0 saturated heterocycles. The van der Waals surface area contributed by atoms with Crippen LogP contribution in [-0.2, 0) is 10.0 Å². The average Bonchev–Trinajstić information content (AvgIpc) is 3.67. The van der Waals surface area contributed by atoms with Gasteiger partial charge in [-0.15, -0.1) is 0 Å². The Hall–Kier alpha value is -4.72. The molecule has 0 aliphatic heterocycles. The molecule has 0 atom stereocenters. The molecule has 14 heteroatoms. The number of amides is 1. The Balaban J connectivity index is 1.59. The maximum absolute atomic E-state index is 12.7. The number of benzene rings is 1. The van der Waals surface area contributed by atoms with E-state index in [0.29, 0.717) is 40.0 Å². The third-order valence-electron chi connectivity index (χ3n) is 6.08. The molecule has 1 amide bonds. The van der Waals surface area contributed by atoms with Crippen molar-refractivity contribution >= 4 is 27.6 Å². The highest BCUT2D eigenvalue weighted by Gasteiger charge is 2.27. The van der Waals surface area contributed by atoms with E-state index in [1.165, 1.54) is 19.4 Å². The molecule has 40 heavy (non-hydrogen) atoms. The summed E-state index contributed by atoms with van der Waals surface area (Å²) in [5.41, 5.74) is 2.48. The molecule has 1 aromatic carbocycles. The number of methoxy groups -OCH3 is 3. The molecule has 0 spiro atoms. The van der Waals surface area contributed by atoms with Crippen LogP contribution in [0.2, 0.25) is 0 Å². The first-order valence-corrected chi connectivity index (χ1v) is 14.1. The summed E-state index contributed by atoms with van der Waals surface area (Å²) < 4.78 is 42.9. The first-order chi connectivity index (χ1) is 19.2. The van der Waals surface area contributed by atoms with E-state index in [1.54, 1.807) is 43.3 Å². The normalized spacial score (nSPS) is 13.0. The quantitative estimate of drug-likeness (QED) is 0.291. The van der Waals surface area contributed by atoms with E-state index in [2.05, 4.69) is 15.3 Å². The Labute approximate surface area is 230 Å². The Kier molecular flexibility index (Phi) is 7.26. The summed E-state index contributed by atoms with van der Waals surface area (Å²) in [5, 5.41) is 7.89. The summed E-state index contributed by atoms with van der Waals surface area (Å²) in [6.45, 7) is 0. The SMILES string of the molecule is COc1cc(Nc2ncc(-c3cnc(OC)c(C(=O)NS(C)(=O)=O)c3)c(-n3ccc(C4CC4)n3)n2)cc(OC)c1. The molecule has 3 aromatic heterocycles. The molecule has 208 valence electrons. The highest BCUT2D eigenvalue weighted by molar-refractivity contribution is 7.89. The second kappa shape index (κ2) is 10.8. The lowest BCUT2D eigenvalue weighted by molar-refractivity contribution is 0.0978. The maximum atomic E-state index is 12.7. The summed E-state index contributed by atoms with van der Waals surface area (Å²) in [4.78, 5) is 26.2. The van der Waals surface area contributed by atoms with Gasteiger partial charge in [0.15, 0.2) is 5.82 Å². The van der Waals surface area contributed by atoms with Crippen LogP contribution in [0.25, 0.3) is 16.9 Å². The summed E-state index contributed by atoms with van der Waals surface area (Å²) in [5.74, 6) is 1.37. The fourth-order valence-corrected chi connectivity index (χ4v) is 4.47. The number of anilines is 2. The Morgan fingerprint density at radius 3 is 2.35 bits per heavy atom. The number of carbonyl (C=O) groups excluding carboxylic acids is 1. The van der Waals surface area contributed by atoms with Gasteiger partial charge in [-0.05, 0) is 25.0 Å². The van der Waals surface area contributed by atoms with E-state index >= 15 is 0 Å². The van der Waals surface area contributed by atoms with Gasteiger partial charge in [-0.1, -0.05) is 0 Å². The Bertz CT molecular complexity index is 1660. The number of nitrogens with zero attached hydrogens (tertiary/aromatic N) is 5. The fourth-order valence-electron chi connectivity index (χ4n) is 4.02. The van der Waals surface area contributed by atoms with Gasteiger partial charge in [0.05, 0.1) is 33.3 Å². The summed E-state index contributed by atoms with van der Waals surface area (Å²) in [6, 6.07) is 8.72. The minimum absolute atomic E-state index is 0.0345. The summed E-state index contributed by atoms with van der Waals surface area (Å²) in [6.07, 6.45) is 7.93. The van der Waals surface area contributed by atoms with Crippen LogP contribution < -0.4 is 24.2 Å². The molecule has 1 fully saturated rings. The molecule has 0 radical (unpaired) electrons. The van der Waals surface area contributed by atoms with Crippen LogP contribution >= 0.6 is 0 Å². The molecule has 0 unspecified atom stereocenters. The third-order valence-corrected chi connectivity index (χ3v) is 6.63. The largest absolute Gasteiger partial charge is 0.497 e. The van der Waals surface area contributed by atoms with E-state index in [9.17, 15) is 13.2 Å². The molecular formula is C26H27N7O6S. The number of hydrogen-bond donors (Lipinski definition) is 2. The number of rotatable bonds is 10. The van der Waals surface area contributed by atoms with Crippen molar-refractivity contribution in [2.45, 2.75) is 18.8 Å². The molecular weight excluding hydrogens is 538 g/mol. The number of sulfonamides is 1. The summed E-state index contributed by atoms with van der Waals surface area (Å²) >= 11 is 0. The second-order valence-electron chi connectivity index (χ2n) is 9.10. The van der Waals surface area contributed by atoms with Crippen LogP contribution in [-0.4, -0.2) is 66.6 Å². The van der Waals surface area contributed by atoms with Crippen molar-refractivity contribution < 1.29 is 27.4 Å². The van der Waals surface area contributed by atoms with Gasteiger partial charge in [0, 0.05) is 59.5 Å². The molecule has 13 nitrogen and oxygen atoms in total. The predicted octanol–water partition coefficient (Wildman–Crippen LogP) is 3.06. The lowest BCUT2D eigenvalue weighted by atomic mass is 10.1. The van der Waals surface area contributed by atoms with E-state index < -0.39 is 15.9 Å². The zero-order valence-corrected chi connectivity index (χ0v) is 23.0. The van der Waals surface area contributed by atoms with Crippen LogP contribution in [0, 0.1) is 0 Å². The van der Waals surface area contributed by atoms with Gasteiger partial charge in [-0.2, -0.15) is 10.1 Å². The van der Waals surface area contributed by atoms with Gasteiger partial charge in [0.25, 0.3) is 5.91 Å². The number of hydrogen-bond acceptors (Lipinski definition) is 11. The molecule has 1 aliphatic carbocycles. The number of ether oxygens (including phenoxy) is 3. The van der Waals surface area contributed by atoms with Crippen molar-refractivity contribution in [2.75, 3.05) is 32.9 Å². The standard InChI is InChI=1S/C26H27N7O6S/c1-37-18-10-17(11-19(12-18)38-2)29-26-28-14-21(23(30-26)33-8-7-22(31-33)15-5-6-15)16-9-20(25(39-3)27-13-16)24(34)32-40(4,35)36/h7-15H,5-6H2,1-4H3,(H,32,34)(H,28,29,30). The fraction of sp³-hybridized carbons (Fsp3) is 0.269. The molecule has 1 saturated carbocycles. The number of aromatic nitrogens is 5. The van der Waals surface area contributed by atoms with E-state index in [-0.39, 0.29) is 17.4 Å². The van der Waals surface area contributed by atoms with Crippen LogP contribution in [0.5, 0.6) is 17.4 Å². The minimum atomic E-state index is -3.82. The first-order valence-electron chi connectivity index (χ1n) is 12.2. The van der Waals surface area contributed by atoms with Gasteiger partial charge in [-0.25, -0.2) is 27.8 Å². The molecule has 0 bridgehead atoms. The van der Waals surface area contributed by atoms with E-state index in [0.717, 1.165) is 24.8 Å². The minimum Gasteiger partial charge on any atom is -0.497 e. The van der Waals surface area contributed by atoms with E-state index in [4.69, 9.17) is 24.3 Å². The van der Waals surface area contributed by atoms with Gasteiger partial charge in [-0.3, -0.25) is 4.79 Å². The topological polar surface area (TPSA) is 159 Å². The monoisotopic (exact) mass is 565 g/mol. The average molecular weight is 566 g/mol. The first kappa shape index (κ1) is 26.9. The van der Waals surface area contributed by atoms with Crippen molar-refractivity contribution in [3.05, 3.63) is 60.2 Å².